The van der Waals surface area contributed by atoms with Crippen LogP contribution in [0.25, 0.3) is 0 Å². The molecule has 0 aliphatic heterocycles. The van der Waals surface area contributed by atoms with Gasteiger partial charge in [0.15, 0.2) is 5.13 Å². The van der Waals surface area contributed by atoms with Gasteiger partial charge >= 0.3 is 0 Å². The number of halogens is 1. The van der Waals surface area contributed by atoms with Gasteiger partial charge in [-0.05, 0) is 53.7 Å². The lowest BCUT2D eigenvalue weighted by atomic mass is 10.3. The molecule has 1 aliphatic rings. The number of anilines is 2. The minimum absolute atomic E-state index is 0.0336. The highest BCUT2D eigenvalue weighted by Crippen LogP contribution is 2.29. The fourth-order valence-electron chi connectivity index (χ4n) is 1.86. The number of hydrogen-bond acceptors (Lipinski definition) is 5. The van der Waals surface area contributed by atoms with Gasteiger partial charge in [-0.2, -0.15) is 0 Å². The van der Waals surface area contributed by atoms with Crippen LogP contribution in [0.2, 0.25) is 0 Å². The SMILES string of the molecule is Cc1nc(Nc2ccc(Br)cn2)sc1C(=O)NCC1CC1. The monoisotopic (exact) mass is 366 g/mol. The van der Waals surface area contributed by atoms with Crippen LogP contribution < -0.4 is 10.6 Å². The first-order valence-corrected chi connectivity index (χ1v) is 8.37. The molecule has 0 atom stereocenters. The zero-order chi connectivity index (χ0) is 14.8. The molecule has 1 saturated carbocycles. The van der Waals surface area contributed by atoms with E-state index >= 15 is 0 Å². The predicted octanol–water partition coefficient (Wildman–Crippen LogP) is 3.49. The third kappa shape index (κ3) is 3.79. The highest BCUT2D eigenvalue weighted by molar-refractivity contribution is 9.10. The van der Waals surface area contributed by atoms with E-state index in [0.29, 0.717) is 21.7 Å². The molecule has 2 aromatic heterocycles. The fourth-order valence-corrected chi connectivity index (χ4v) is 2.98. The van der Waals surface area contributed by atoms with Crippen LogP contribution in [-0.2, 0) is 0 Å². The maximum Gasteiger partial charge on any atom is 0.263 e. The lowest BCUT2D eigenvalue weighted by molar-refractivity contribution is 0.0955. The normalized spacial score (nSPS) is 14.0. The van der Waals surface area contributed by atoms with E-state index in [1.165, 1.54) is 24.2 Å². The zero-order valence-electron chi connectivity index (χ0n) is 11.5. The second-order valence-electron chi connectivity index (χ2n) is 5.07. The molecular formula is C14H15BrN4OS. The largest absolute Gasteiger partial charge is 0.351 e. The van der Waals surface area contributed by atoms with E-state index in [1.807, 2.05) is 19.1 Å². The van der Waals surface area contributed by atoms with E-state index in [-0.39, 0.29) is 5.91 Å². The number of amides is 1. The van der Waals surface area contributed by atoms with Crippen LogP contribution in [0.15, 0.2) is 22.8 Å². The van der Waals surface area contributed by atoms with Gasteiger partial charge < -0.3 is 10.6 Å². The van der Waals surface area contributed by atoms with Gasteiger partial charge in [-0.15, -0.1) is 0 Å². The molecule has 2 aromatic rings. The van der Waals surface area contributed by atoms with Crippen molar-refractivity contribution in [2.24, 2.45) is 5.92 Å². The van der Waals surface area contributed by atoms with Crippen LogP contribution in [0.4, 0.5) is 10.9 Å². The van der Waals surface area contributed by atoms with Gasteiger partial charge in [0.25, 0.3) is 5.91 Å². The first-order chi connectivity index (χ1) is 10.1. The molecule has 3 rings (SSSR count). The number of hydrogen-bond donors (Lipinski definition) is 2. The summed E-state index contributed by atoms with van der Waals surface area (Å²) in [6.45, 7) is 2.62. The van der Waals surface area contributed by atoms with Crippen LogP contribution in [0.1, 0.15) is 28.2 Å². The fraction of sp³-hybridized carbons (Fsp3) is 0.357. The van der Waals surface area contributed by atoms with E-state index in [0.717, 1.165) is 16.7 Å². The Morgan fingerprint density at radius 3 is 2.95 bits per heavy atom. The number of nitrogens with one attached hydrogen (secondary N) is 2. The summed E-state index contributed by atoms with van der Waals surface area (Å²) in [5.74, 6) is 1.34. The van der Waals surface area contributed by atoms with Crippen molar-refractivity contribution in [3.05, 3.63) is 33.4 Å². The summed E-state index contributed by atoms with van der Waals surface area (Å²) in [7, 11) is 0. The standard InChI is InChI=1S/C14H15BrN4OS/c1-8-12(13(20)17-6-9-2-3-9)21-14(18-8)19-11-5-4-10(15)7-16-11/h4-5,7,9H,2-3,6H2,1H3,(H,17,20)(H,16,18,19). The smallest absolute Gasteiger partial charge is 0.263 e. The Labute approximate surface area is 135 Å². The van der Waals surface area contributed by atoms with Crippen molar-refractivity contribution in [2.75, 3.05) is 11.9 Å². The lowest BCUT2D eigenvalue weighted by Crippen LogP contribution is -2.25. The molecule has 1 fully saturated rings. The molecule has 2 N–H and O–H groups in total. The number of nitrogens with zero attached hydrogens (tertiary/aromatic N) is 2. The van der Waals surface area contributed by atoms with Gasteiger partial charge in [0.2, 0.25) is 0 Å². The van der Waals surface area contributed by atoms with E-state index in [4.69, 9.17) is 0 Å². The number of carbonyl (C=O) groups excluding carboxylic acids is 1. The Kier molecular flexibility index (Phi) is 4.21. The number of aryl methyl sites for hydroxylation is 1. The van der Waals surface area contributed by atoms with Gasteiger partial charge in [0, 0.05) is 17.2 Å². The van der Waals surface area contributed by atoms with Crippen molar-refractivity contribution >= 4 is 44.1 Å². The molecule has 110 valence electrons. The third-order valence-electron chi connectivity index (χ3n) is 3.21. The maximum atomic E-state index is 12.1. The van der Waals surface area contributed by atoms with Crippen molar-refractivity contribution < 1.29 is 4.79 Å². The summed E-state index contributed by atoms with van der Waals surface area (Å²) >= 11 is 4.70. The highest BCUT2D eigenvalue weighted by atomic mass is 79.9. The van der Waals surface area contributed by atoms with Gasteiger partial charge in [0.1, 0.15) is 10.7 Å². The Balaban J connectivity index is 1.67. The Bertz CT molecular complexity index is 651. The minimum atomic E-state index is -0.0336. The molecule has 21 heavy (non-hydrogen) atoms. The van der Waals surface area contributed by atoms with Crippen LogP contribution in [0.3, 0.4) is 0 Å². The molecule has 1 aliphatic carbocycles. The summed E-state index contributed by atoms with van der Waals surface area (Å²) in [5, 5.41) is 6.77. The molecule has 0 aromatic carbocycles. The summed E-state index contributed by atoms with van der Waals surface area (Å²) in [5.41, 5.74) is 0.743. The van der Waals surface area contributed by atoms with Crippen LogP contribution in [0.5, 0.6) is 0 Å². The molecule has 0 bridgehead atoms. The van der Waals surface area contributed by atoms with Crippen molar-refractivity contribution in [1.82, 2.24) is 15.3 Å². The quantitative estimate of drug-likeness (QED) is 0.849. The number of aromatic nitrogens is 2. The van der Waals surface area contributed by atoms with Crippen molar-refractivity contribution in [3.8, 4) is 0 Å². The highest BCUT2D eigenvalue weighted by Gasteiger charge is 2.23. The number of pyridine rings is 1. The van der Waals surface area contributed by atoms with Crippen LogP contribution in [-0.4, -0.2) is 22.4 Å². The van der Waals surface area contributed by atoms with Gasteiger partial charge in [0.05, 0.1) is 5.69 Å². The molecule has 0 unspecified atom stereocenters. The van der Waals surface area contributed by atoms with Crippen LogP contribution in [0, 0.1) is 12.8 Å². The summed E-state index contributed by atoms with van der Waals surface area (Å²) in [6.07, 6.45) is 4.17. The second-order valence-corrected chi connectivity index (χ2v) is 6.99. The molecule has 1 amide bonds. The summed E-state index contributed by atoms with van der Waals surface area (Å²) in [6, 6.07) is 3.76. The Morgan fingerprint density at radius 2 is 2.29 bits per heavy atom. The number of rotatable bonds is 5. The Morgan fingerprint density at radius 1 is 1.48 bits per heavy atom. The predicted molar refractivity (Wildman–Crippen MR) is 87.1 cm³/mol. The maximum absolute atomic E-state index is 12.1. The zero-order valence-corrected chi connectivity index (χ0v) is 13.9. The third-order valence-corrected chi connectivity index (χ3v) is 4.75. The topological polar surface area (TPSA) is 66.9 Å². The number of thiazole rings is 1. The molecule has 7 heteroatoms. The van der Waals surface area contributed by atoms with Gasteiger partial charge in [-0.25, -0.2) is 9.97 Å². The minimum Gasteiger partial charge on any atom is -0.351 e. The molecule has 0 saturated heterocycles. The average Bonchev–Trinajstić information content (AvgIpc) is 3.22. The Hall–Kier alpha value is -1.47. The van der Waals surface area contributed by atoms with E-state index in [1.54, 1.807) is 6.20 Å². The second kappa shape index (κ2) is 6.11. The summed E-state index contributed by atoms with van der Waals surface area (Å²) in [4.78, 5) is 21.4. The summed E-state index contributed by atoms with van der Waals surface area (Å²) < 4.78 is 0.920. The molecule has 5 nitrogen and oxygen atoms in total. The van der Waals surface area contributed by atoms with E-state index < -0.39 is 0 Å². The average molecular weight is 367 g/mol. The van der Waals surface area contributed by atoms with Crippen molar-refractivity contribution in [2.45, 2.75) is 19.8 Å². The van der Waals surface area contributed by atoms with Crippen molar-refractivity contribution in [1.29, 1.82) is 0 Å². The van der Waals surface area contributed by atoms with Crippen LogP contribution >= 0.6 is 27.3 Å². The van der Waals surface area contributed by atoms with Gasteiger partial charge in [-0.3, -0.25) is 4.79 Å². The first-order valence-electron chi connectivity index (χ1n) is 6.76. The van der Waals surface area contributed by atoms with E-state index in [9.17, 15) is 4.79 Å². The lowest BCUT2D eigenvalue weighted by Gasteiger charge is -2.01. The van der Waals surface area contributed by atoms with E-state index in [2.05, 4.69) is 36.5 Å². The molecule has 0 spiro atoms. The number of carbonyl (C=O) groups is 1. The molecular weight excluding hydrogens is 352 g/mol. The first kappa shape index (κ1) is 14.5. The molecule has 2 heterocycles. The van der Waals surface area contributed by atoms with Gasteiger partial charge in [-0.1, -0.05) is 11.3 Å². The van der Waals surface area contributed by atoms with Crippen molar-refractivity contribution in [3.63, 3.8) is 0 Å². The molecule has 0 radical (unpaired) electrons.